The van der Waals surface area contributed by atoms with Crippen LogP contribution >= 0.6 is 15.9 Å². The Morgan fingerprint density at radius 2 is 1.73 bits per heavy atom. The third-order valence-corrected chi connectivity index (χ3v) is 2.60. The fraction of sp³-hybridized carbons (Fsp3) is 1.00. The first-order valence-corrected chi connectivity index (χ1v) is 4.88. The minimum absolute atomic E-state index is 0.123. The number of fused-ring (bicyclic) bond motifs is 3. The molecule has 3 aliphatic rings. The second-order valence-corrected chi connectivity index (χ2v) is 3.95. The fourth-order valence-electron chi connectivity index (χ4n) is 1.42. The molecule has 3 aliphatic heterocycles. The predicted octanol–water partition coefficient (Wildman–Crippen LogP) is 1.12. The first-order valence-electron chi connectivity index (χ1n) is 3.75. The van der Waals surface area contributed by atoms with Gasteiger partial charge >= 0.3 is 0 Å². The highest BCUT2D eigenvalue weighted by atomic mass is 79.9. The van der Waals surface area contributed by atoms with E-state index < -0.39 is 0 Å². The van der Waals surface area contributed by atoms with Crippen LogP contribution in [0.25, 0.3) is 0 Å². The summed E-state index contributed by atoms with van der Waals surface area (Å²) in [5, 5.41) is 0.980. The van der Waals surface area contributed by atoms with Gasteiger partial charge in [0.2, 0.25) is 0 Å². The van der Waals surface area contributed by atoms with Gasteiger partial charge in [-0.25, -0.2) is 0 Å². The first-order chi connectivity index (χ1) is 5.35. The van der Waals surface area contributed by atoms with Crippen LogP contribution in [-0.2, 0) is 14.2 Å². The molecule has 0 unspecified atom stereocenters. The van der Waals surface area contributed by atoms with Gasteiger partial charge < -0.3 is 14.2 Å². The summed E-state index contributed by atoms with van der Waals surface area (Å²) in [6, 6.07) is 0. The Labute approximate surface area is 74.1 Å². The second kappa shape index (κ2) is 3.01. The molecular formula is C7H11BrO3. The monoisotopic (exact) mass is 222 g/mol. The molecule has 3 nitrogen and oxygen atoms in total. The van der Waals surface area contributed by atoms with Crippen LogP contribution in [0, 0.1) is 5.41 Å². The Kier molecular flexibility index (Phi) is 2.19. The van der Waals surface area contributed by atoms with Crippen LogP contribution in [0.5, 0.6) is 0 Å². The molecule has 0 radical (unpaired) electrons. The van der Waals surface area contributed by atoms with E-state index in [4.69, 9.17) is 14.2 Å². The van der Waals surface area contributed by atoms with Crippen LogP contribution in [0.4, 0.5) is 0 Å². The summed E-state index contributed by atoms with van der Waals surface area (Å²) in [6.07, 6.45) is 1.06. The maximum Gasteiger partial charge on any atom is 0.271 e. The maximum absolute atomic E-state index is 5.27. The van der Waals surface area contributed by atoms with Crippen molar-refractivity contribution in [1.82, 2.24) is 0 Å². The van der Waals surface area contributed by atoms with E-state index in [2.05, 4.69) is 15.9 Å². The Hall–Kier alpha value is 0.360. The smallest absolute Gasteiger partial charge is 0.271 e. The van der Waals surface area contributed by atoms with Crippen molar-refractivity contribution in [3.05, 3.63) is 0 Å². The van der Waals surface area contributed by atoms with Crippen LogP contribution in [0.15, 0.2) is 0 Å². The van der Waals surface area contributed by atoms with Gasteiger partial charge in [-0.15, -0.1) is 0 Å². The van der Waals surface area contributed by atoms with Gasteiger partial charge in [0.25, 0.3) is 6.48 Å². The van der Waals surface area contributed by atoms with Crippen LogP contribution in [0.1, 0.15) is 6.42 Å². The van der Waals surface area contributed by atoms with Crippen LogP contribution in [0.2, 0.25) is 0 Å². The molecule has 0 aromatic heterocycles. The zero-order chi connectivity index (χ0) is 7.73. The summed E-state index contributed by atoms with van der Waals surface area (Å²) in [5.41, 5.74) is 0.123. The van der Waals surface area contributed by atoms with Gasteiger partial charge in [-0.2, -0.15) is 0 Å². The number of alkyl halides is 1. The molecular weight excluding hydrogens is 212 g/mol. The minimum atomic E-state index is -0.382. The number of hydrogen-bond acceptors (Lipinski definition) is 3. The summed E-state index contributed by atoms with van der Waals surface area (Å²) in [6.45, 7) is 1.96. The standard InChI is InChI=1S/C7H11BrO3/c8-2-1-7-3-9-6(10-4-7)11-5-7/h6H,1-5H2. The highest BCUT2D eigenvalue weighted by Gasteiger charge is 2.42. The van der Waals surface area contributed by atoms with Crippen molar-refractivity contribution in [2.24, 2.45) is 5.41 Å². The van der Waals surface area contributed by atoms with Crippen LogP contribution in [-0.4, -0.2) is 31.6 Å². The van der Waals surface area contributed by atoms with Gasteiger partial charge in [-0.3, -0.25) is 0 Å². The molecule has 64 valence electrons. The third-order valence-electron chi connectivity index (χ3n) is 2.20. The summed E-state index contributed by atoms with van der Waals surface area (Å²) in [4.78, 5) is 0. The average Bonchev–Trinajstić information content (AvgIpc) is 2.07. The molecule has 0 saturated carbocycles. The van der Waals surface area contributed by atoms with E-state index in [0.717, 1.165) is 31.6 Å². The molecule has 3 heterocycles. The Morgan fingerprint density at radius 3 is 2.18 bits per heavy atom. The van der Waals surface area contributed by atoms with Crippen molar-refractivity contribution in [2.45, 2.75) is 12.9 Å². The predicted molar refractivity (Wildman–Crippen MR) is 42.5 cm³/mol. The summed E-state index contributed by atoms with van der Waals surface area (Å²) in [5.74, 6) is 0. The Balaban J connectivity index is 2.00. The zero-order valence-electron chi connectivity index (χ0n) is 6.22. The van der Waals surface area contributed by atoms with Gasteiger partial charge in [-0.1, -0.05) is 15.9 Å². The number of halogens is 1. The van der Waals surface area contributed by atoms with E-state index >= 15 is 0 Å². The van der Waals surface area contributed by atoms with E-state index in [1.54, 1.807) is 0 Å². The molecule has 0 aromatic carbocycles. The topological polar surface area (TPSA) is 27.7 Å². The molecule has 0 atom stereocenters. The van der Waals surface area contributed by atoms with Gasteiger partial charge in [0.15, 0.2) is 0 Å². The normalized spacial score (nSPS) is 42.8. The van der Waals surface area contributed by atoms with Crippen molar-refractivity contribution < 1.29 is 14.2 Å². The molecule has 0 amide bonds. The van der Waals surface area contributed by atoms with Crippen molar-refractivity contribution >= 4 is 15.9 Å². The van der Waals surface area contributed by atoms with E-state index in [-0.39, 0.29) is 11.9 Å². The number of rotatable bonds is 2. The van der Waals surface area contributed by atoms with E-state index in [1.807, 2.05) is 0 Å². The van der Waals surface area contributed by atoms with E-state index in [1.165, 1.54) is 0 Å². The lowest BCUT2D eigenvalue weighted by molar-refractivity contribution is -0.394. The molecule has 4 heteroatoms. The molecule has 2 bridgehead atoms. The minimum Gasteiger partial charge on any atom is -0.329 e. The van der Waals surface area contributed by atoms with Gasteiger partial charge in [0, 0.05) is 10.7 Å². The molecule has 0 aliphatic carbocycles. The molecule has 3 saturated heterocycles. The van der Waals surface area contributed by atoms with Crippen LogP contribution < -0.4 is 0 Å². The molecule has 0 spiro atoms. The summed E-state index contributed by atoms with van der Waals surface area (Å²) < 4.78 is 15.8. The average molecular weight is 223 g/mol. The summed E-state index contributed by atoms with van der Waals surface area (Å²) >= 11 is 3.41. The Bertz CT molecular complexity index is 123. The second-order valence-electron chi connectivity index (χ2n) is 3.16. The van der Waals surface area contributed by atoms with Crippen molar-refractivity contribution in [1.29, 1.82) is 0 Å². The van der Waals surface area contributed by atoms with Crippen LogP contribution in [0.3, 0.4) is 0 Å². The number of hydrogen-bond donors (Lipinski definition) is 0. The highest BCUT2D eigenvalue weighted by molar-refractivity contribution is 9.09. The molecule has 3 fully saturated rings. The molecule has 3 rings (SSSR count). The zero-order valence-corrected chi connectivity index (χ0v) is 7.80. The van der Waals surface area contributed by atoms with Gasteiger partial charge in [0.1, 0.15) is 0 Å². The largest absolute Gasteiger partial charge is 0.329 e. The lowest BCUT2D eigenvalue weighted by atomic mass is 9.87. The third kappa shape index (κ3) is 1.45. The molecule has 11 heavy (non-hydrogen) atoms. The van der Waals surface area contributed by atoms with Crippen molar-refractivity contribution in [3.63, 3.8) is 0 Å². The quantitative estimate of drug-likeness (QED) is 0.656. The maximum atomic E-state index is 5.27. The van der Waals surface area contributed by atoms with Gasteiger partial charge in [0.05, 0.1) is 19.8 Å². The lowest BCUT2D eigenvalue weighted by Gasteiger charge is -2.45. The van der Waals surface area contributed by atoms with Crippen molar-refractivity contribution in [3.8, 4) is 0 Å². The molecule has 0 aromatic rings. The summed E-state index contributed by atoms with van der Waals surface area (Å²) in [7, 11) is 0. The van der Waals surface area contributed by atoms with E-state index in [9.17, 15) is 0 Å². The lowest BCUT2D eigenvalue weighted by Crippen LogP contribution is -2.52. The highest BCUT2D eigenvalue weighted by Crippen LogP contribution is 2.35. The Morgan fingerprint density at radius 1 is 1.18 bits per heavy atom. The first kappa shape index (κ1) is 7.98. The van der Waals surface area contributed by atoms with Crippen molar-refractivity contribution in [2.75, 3.05) is 25.2 Å². The van der Waals surface area contributed by atoms with E-state index in [0.29, 0.717) is 0 Å². The fourth-order valence-corrected chi connectivity index (χ4v) is 2.26. The number of ether oxygens (including phenoxy) is 3. The van der Waals surface area contributed by atoms with Gasteiger partial charge in [-0.05, 0) is 6.42 Å². The molecule has 0 N–H and O–H groups in total. The SMILES string of the molecule is BrCCC12COC(OC1)OC2.